The molecule has 2 aromatic carbocycles. The number of hydrogen-bond donors (Lipinski definition) is 0. The predicted molar refractivity (Wildman–Crippen MR) is 77.5 cm³/mol. The Balaban J connectivity index is 1.91. The van der Waals surface area contributed by atoms with Crippen molar-refractivity contribution in [2.75, 3.05) is 7.05 Å². The van der Waals surface area contributed by atoms with Crippen LogP contribution in [0.3, 0.4) is 0 Å². The summed E-state index contributed by atoms with van der Waals surface area (Å²) in [6.45, 7) is 3.30. The lowest BCUT2D eigenvalue weighted by molar-refractivity contribution is 0.248. The summed E-state index contributed by atoms with van der Waals surface area (Å²) >= 11 is 0. The van der Waals surface area contributed by atoms with Crippen LogP contribution in [0.15, 0.2) is 60.7 Å². The molecule has 0 spiro atoms. The van der Waals surface area contributed by atoms with Gasteiger partial charge in [-0.3, -0.25) is 4.90 Å². The van der Waals surface area contributed by atoms with E-state index in [1.54, 1.807) is 0 Å². The third-order valence-corrected chi connectivity index (χ3v) is 3.40. The minimum atomic E-state index is 0.549. The molecule has 0 saturated carbocycles. The van der Waals surface area contributed by atoms with Gasteiger partial charge in [-0.2, -0.15) is 0 Å². The molecule has 0 saturated heterocycles. The van der Waals surface area contributed by atoms with Gasteiger partial charge >= 0.3 is 0 Å². The molecule has 0 amide bonds. The Morgan fingerprint density at radius 3 is 1.94 bits per heavy atom. The van der Waals surface area contributed by atoms with Crippen molar-refractivity contribution in [3.8, 4) is 0 Å². The van der Waals surface area contributed by atoms with Crippen LogP contribution < -0.4 is 0 Å². The fourth-order valence-electron chi connectivity index (χ4n) is 2.14. The van der Waals surface area contributed by atoms with E-state index >= 15 is 0 Å². The molecule has 2 rings (SSSR count). The average Bonchev–Trinajstić information content (AvgIpc) is 2.41. The molecule has 0 radical (unpaired) electrons. The number of benzene rings is 2. The monoisotopic (exact) mass is 241 g/mol. The van der Waals surface area contributed by atoms with Crippen LogP contribution in [0.2, 0.25) is 0 Å². The topological polar surface area (TPSA) is 3.24 Å². The van der Waals surface area contributed by atoms with E-state index in [1.165, 1.54) is 11.1 Å². The van der Waals surface area contributed by atoms with Crippen LogP contribution in [0.1, 0.15) is 18.1 Å². The molecule has 0 N–H and O–H groups in total. The number of rotatable bonds is 5. The SMILES string of the molecule is C[C@H](Cc1ccccc1)N([14CH3])Cc1ccccc1. The van der Waals surface area contributed by atoms with Crippen LogP contribution >= 0.6 is 0 Å². The summed E-state index contributed by atoms with van der Waals surface area (Å²) in [6, 6.07) is 21.9. The van der Waals surface area contributed by atoms with Crippen molar-refractivity contribution in [1.82, 2.24) is 4.90 Å². The maximum absolute atomic E-state index is 2.41. The zero-order chi connectivity index (χ0) is 12.8. The molecule has 0 heterocycles. The molecule has 1 nitrogen and oxygen atoms in total. The summed E-state index contributed by atoms with van der Waals surface area (Å²) in [5.41, 5.74) is 2.78. The van der Waals surface area contributed by atoms with E-state index in [1.807, 2.05) is 0 Å². The van der Waals surface area contributed by atoms with E-state index in [-0.39, 0.29) is 0 Å². The summed E-state index contributed by atoms with van der Waals surface area (Å²) in [6.07, 6.45) is 1.10. The quantitative estimate of drug-likeness (QED) is 0.770. The fraction of sp³-hybridized carbons (Fsp3) is 0.294. The molecule has 2 aromatic rings. The standard InChI is InChI=1S/C17H21N/c1-15(13-16-9-5-3-6-10-16)18(2)14-17-11-7-4-8-12-17/h3-12,15H,13-14H2,1-2H3/t15-/m1/s1/i2+2. The third-order valence-electron chi connectivity index (χ3n) is 3.40. The van der Waals surface area contributed by atoms with Gasteiger partial charge in [0.15, 0.2) is 0 Å². The van der Waals surface area contributed by atoms with E-state index < -0.39 is 0 Å². The Labute approximate surface area is 110 Å². The number of nitrogens with zero attached hydrogens (tertiary/aromatic N) is 1. The van der Waals surface area contributed by atoms with Crippen LogP contribution in [0.5, 0.6) is 0 Å². The van der Waals surface area contributed by atoms with E-state index in [0.29, 0.717) is 6.04 Å². The number of likely N-dealkylation sites (N-methyl/N-ethyl adjacent to an activating group) is 1. The Morgan fingerprint density at radius 1 is 0.889 bits per heavy atom. The molecule has 0 fully saturated rings. The molecule has 94 valence electrons. The second kappa shape index (κ2) is 6.36. The Morgan fingerprint density at radius 2 is 1.39 bits per heavy atom. The van der Waals surface area contributed by atoms with Crippen molar-refractivity contribution in [2.45, 2.75) is 25.9 Å². The van der Waals surface area contributed by atoms with Crippen molar-refractivity contribution < 1.29 is 0 Å². The molecule has 0 unspecified atom stereocenters. The fourth-order valence-corrected chi connectivity index (χ4v) is 2.14. The predicted octanol–water partition coefficient (Wildman–Crippen LogP) is 3.75. The Kier molecular flexibility index (Phi) is 4.54. The highest BCUT2D eigenvalue weighted by atomic mass is 15.4. The van der Waals surface area contributed by atoms with Gasteiger partial charge in [0.2, 0.25) is 0 Å². The molecule has 0 aliphatic heterocycles. The molecule has 0 aliphatic rings. The first kappa shape index (κ1) is 12.8. The van der Waals surface area contributed by atoms with Crippen LogP contribution in [0.25, 0.3) is 0 Å². The molecule has 18 heavy (non-hydrogen) atoms. The zero-order valence-corrected chi connectivity index (χ0v) is 11.2. The largest absolute Gasteiger partial charge is 0.299 e. The van der Waals surface area contributed by atoms with Gasteiger partial charge in [-0.05, 0) is 31.5 Å². The van der Waals surface area contributed by atoms with Gasteiger partial charge < -0.3 is 0 Å². The summed E-state index contributed by atoms with van der Waals surface area (Å²) in [7, 11) is 2.20. The summed E-state index contributed by atoms with van der Waals surface area (Å²) in [5, 5.41) is 0. The average molecular weight is 241 g/mol. The highest BCUT2D eigenvalue weighted by molar-refractivity contribution is 5.17. The van der Waals surface area contributed by atoms with Gasteiger partial charge in [0.1, 0.15) is 0 Å². The van der Waals surface area contributed by atoms with Crippen molar-refractivity contribution in [2.24, 2.45) is 0 Å². The van der Waals surface area contributed by atoms with Crippen LogP contribution in [0.4, 0.5) is 0 Å². The first-order valence-electron chi connectivity index (χ1n) is 6.54. The zero-order valence-electron chi connectivity index (χ0n) is 11.2. The third kappa shape index (κ3) is 3.71. The minimum absolute atomic E-state index is 0.549. The Bertz CT molecular complexity index is 404. The van der Waals surface area contributed by atoms with Gasteiger partial charge in [0.25, 0.3) is 0 Å². The molecule has 0 aromatic heterocycles. The minimum Gasteiger partial charge on any atom is -0.299 e. The van der Waals surface area contributed by atoms with E-state index in [0.717, 1.165) is 13.0 Å². The molecule has 0 aliphatic carbocycles. The first-order valence-corrected chi connectivity index (χ1v) is 6.54. The van der Waals surface area contributed by atoms with E-state index in [2.05, 4.69) is 79.5 Å². The maximum atomic E-state index is 2.41. The second-order valence-corrected chi connectivity index (χ2v) is 4.94. The summed E-state index contributed by atoms with van der Waals surface area (Å²) in [4.78, 5) is 2.41. The van der Waals surface area contributed by atoms with Crippen LogP contribution in [-0.4, -0.2) is 18.0 Å². The van der Waals surface area contributed by atoms with Crippen molar-refractivity contribution >= 4 is 0 Å². The lowest BCUT2D eigenvalue weighted by Crippen LogP contribution is -2.30. The van der Waals surface area contributed by atoms with Crippen molar-refractivity contribution in [3.63, 3.8) is 0 Å². The molecular formula is C17H21N. The lowest BCUT2D eigenvalue weighted by Gasteiger charge is -2.24. The first-order chi connectivity index (χ1) is 8.75. The summed E-state index contributed by atoms with van der Waals surface area (Å²) in [5.74, 6) is 0. The van der Waals surface area contributed by atoms with Gasteiger partial charge in [-0.1, -0.05) is 60.7 Å². The van der Waals surface area contributed by atoms with Crippen molar-refractivity contribution in [1.29, 1.82) is 0 Å². The Hall–Kier alpha value is -1.60. The highest BCUT2D eigenvalue weighted by Crippen LogP contribution is 2.10. The van der Waals surface area contributed by atoms with Gasteiger partial charge in [0, 0.05) is 12.6 Å². The second-order valence-electron chi connectivity index (χ2n) is 4.94. The molecule has 1 heteroatoms. The van der Waals surface area contributed by atoms with Crippen LogP contribution in [0, 0.1) is 0 Å². The van der Waals surface area contributed by atoms with E-state index in [9.17, 15) is 0 Å². The summed E-state index contributed by atoms with van der Waals surface area (Å²) < 4.78 is 0. The molecule has 1 atom stereocenters. The van der Waals surface area contributed by atoms with E-state index in [4.69, 9.17) is 0 Å². The molecule has 0 bridgehead atoms. The van der Waals surface area contributed by atoms with Gasteiger partial charge in [0.05, 0.1) is 0 Å². The van der Waals surface area contributed by atoms with Gasteiger partial charge in [-0.15, -0.1) is 0 Å². The van der Waals surface area contributed by atoms with Crippen LogP contribution in [-0.2, 0) is 13.0 Å². The smallest absolute Gasteiger partial charge is 0.0233 e. The molecular weight excluding hydrogens is 220 g/mol. The van der Waals surface area contributed by atoms with Crippen molar-refractivity contribution in [3.05, 3.63) is 71.8 Å². The number of hydrogen-bond acceptors (Lipinski definition) is 1. The van der Waals surface area contributed by atoms with Gasteiger partial charge in [-0.25, -0.2) is 0 Å². The maximum Gasteiger partial charge on any atom is 0.0233 e. The highest BCUT2D eigenvalue weighted by Gasteiger charge is 2.09. The lowest BCUT2D eigenvalue weighted by atomic mass is 10.1. The normalized spacial score (nSPS) is 12.6.